The summed E-state index contributed by atoms with van der Waals surface area (Å²) in [5.41, 5.74) is 1.42. The Morgan fingerprint density at radius 2 is 2.12 bits per heavy atom. The molecule has 0 radical (unpaired) electrons. The highest BCUT2D eigenvalue weighted by atomic mass is 35.5. The molecule has 1 aliphatic heterocycles. The van der Waals surface area contributed by atoms with Crippen molar-refractivity contribution in [1.82, 2.24) is 15.4 Å². The van der Waals surface area contributed by atoms with Gasteiger partial charge >= 0.3 is 0 Å². The van der Waals surface area contributed by atoms with Crippen LogP contribution in [0, 0.1) is 5.92 Å². The first kappa shape index (κ1) is 17.8. The molecule has 0 spiro atoms. The molecule has 1 N–H and O–H groups in total. The van der Waals surface area contributed by atoms with Crippen LogP contribution in [-0.4, -0.2) is 35.1 Å². The van der Waals surface area contributed by atoms with Gasteiger partial charge < -0.3 is 9.84 Å². The van der Waals surface area contributed by atoms with E-state index in [1.54, 1.807) is 12.1 Å². The van der Waals surface area contributed by atoms with E-state index in [2.05, 4.69) is 22.3 Å². The molecule has 138 valence electrons. The monoisotopic (exact) mass is 393 g/mol. The summed E-state index contributed by atoms with van der Waals surface area (Å²) in [5, 5.41) is 8.33. The highest BCUT2D eigenvalue weighted by Gasteiger charge is 2.33. The average molecular weight is 394 g/mol. The van der Waals surface area contributed by atoms with Crippen LogP contribution in [0.2, 0.25) is 10.0 Å². The molecule has 2 aromatic rings. The SMILES string of the molecule is C[C@H]1CN(Cc2ccc(Cl)cc2Cl)C[C@@H]1NC(=O)c1cc(C2CC2)on1. The molecule has 2 atom stereocenters. The lowest BCUT2D eigenvalue weighted by molar-refractivity contribution is 0.0922. The van der Waals surface area contributed by atoms with E-state index in [4.69, 9.17) is 27.7 Å². The number of hydrogen-bond acceptors (Lipinski definition) is 4. The van der Waals surface area contributed by atoms with Gasteiger partial charge in [-0.15, -0.1) is 0 Å². The summed E-state index contributed by atoms with van der Waals surface area (Å²) in [6, 6.07) is 7.42. The number of benzene rings is 1. The largest absolute Gasteiger partial charge is 0.360 e. The lowest BCUT2D eigenvalue weighted by Crippen LogP contribution is -2.40. The summed E-state index contributed by atoms with van der Waals surface area (Å²) in [6.45, 7) is 4.56. The minimum Gasteiger partial charge on any atom is -0.360 e. The van der Waals surface area contributed by atoms with Crippen molar-refractivity contribution >= 4 is 29.1 Å². The molecule has 2 fully saturated rings. The number of nitrogens with one attached hydrogen (secondary N) is 1. The predicted octanol–water partition coefficient (Wildman–Crippen LogP) is 4.11. The van der Waals surface area contributed by atoms with Crippen molar-refractivity contribution < 1.29 is 9.32 Å². The first-order chi connectivity index (χ1) is 12.5. The maximum Gasteiger partial charge on any atom is 0.273 e. The van der Waals surface area contributed by atoms with Gasteiger partial charge in [0.25, 0.3) is 5.91 Å². The first-order valence-corrected chi connectivity index (χ1v) is 9.69. The lowest BCUT2D eigenvalue weighted by Gasteiger charge is -2.17. The van der Waals surface area contributed by atoms with Crippen LogP contribution in [0.25, 0.3) is 0 Å². The van der Waals surface area contributed by atoms with Gasteiger partial charge in [-0.25, -0.2) is 0 Å². The molecular formula is C19H21Cl2N3O2. The van der Waals surface area contributed by atoms with E-state index in [9.17, 15) is 4.79 Å². The topological polar surface area (TPSA) is 58.4 Å². The zero-order valence-corrected chi connectivity index (χ0v) is 16.1. The van der Waals surface area contributed by atoms with Gasteiger partial charge in [0.2, 0.25) is 0 Å². The fourth-order valence-corrected chi connectivity index (χ4v) is 3.94. The Morgan fingerprint density at radius 3 is 2.85 bits per heavy atom. The molecule has 5 nitrogen and oxygen atoms in total. The molecule has 1 saturated carbocycles. The molecule has 1 aromatic carbocycles. The summed E-state index contributed by atoms with van der Waals surface area (Å²) in [5.74, 6) is 1.46. The zero-order chi connectivity index (χ0) is 18.3. The third-order valence-electron chi connectivity index (χ3n) is 5.15. The van der Waals surface area contributed by atoms with Gasteiger partial charge in [-0.1, -0.05) is 41.3 Å². The summed E-state index contributed by atoms with van der Waals surface area (Å²) >= 11 is 12.2. The Bertz CT molecular complexity index is 819. The molecular weight excluding hydrogens is 373 g/mol. The number of nitrogens with zero attached hydrogens (tertiary/aromatic N) is 2. The summed E-state index contributed by atoms with van der Waals surface area (Å²) in [4.78, 5) is 14.8. The molecule has 7 heteroatoms. The van der Waals surface area contributed by atoms with Crippen molar-refractivity contribution in [2.24, 2.45) is 5.92 Å². The third-order valence-corrected chi connectivity index (χ3v) is 5.74. The molecule has 1 saturated heterocycles. The minimum atomic E-state index is -0.163. The van der Waals surface area contributed by atoms with E-state index in [1.165, 1.54) is 0 Å². The predicted molar refractivity (Wildman–Crippen MR) is 101 cm³/mol. The quantitative estimate of drug-likeness (QED) is 0.829. The van der Waals surface area contributed by atoms with Gasteiger partial charge in [-0.3, -0.25) is 9.69 Å². The maximum atomic E-state index is 12.5. The number of halogens is 2. The average Bonchev–Trinajstić information content (AvgIpc) is 3.22. The van der Waals surface area contributed by atoms with Crippen molar-refractivity contribution in [3.05, 3.63) is 51.3 Å². The molecule has 4 rings (SSSR count). The van der Waals surface area contributed by atoms with Gasteiger partial charge in [0, 0.05) is 47.7 Å². The number of likely N-dealkylation sites (tertiary alicyclic amines) is 1. The molecule has 1 amide bonds. The molecule has 1 aromatic heterocycles. The van der Waals surface area contributed by atoms with E-state index in [1.807, 2.05) is 12.1 Å². The van der Waals surface area contributed by atoms with E-state index in [-0.39, 0.29) is 11.9 Å². The number of carbonyl (C=O) groups is 1. The second-order valence-electron chi connectivity index (χ2n) is 7.38. The van der Waals surface area contributed by atoms with Crippen molar-refractivity contribution in [1.29, 1.82) is 0 Å². The van der Waals surface area contributed by atoms with E-state index >= 15 is 0 Å². The number of hydrogen-bond donors (Lipinski definition) is 1. The van der Waals surface area contributed by atoms with Crippen molar-refractivity contribution in [2.45, 2.75) is 38.3 Å². The van der Waals surface area contributed by atoms with Gasteiger partial charge in [-0.05, 0) is 36.5 Å². The molecule has 2 aliphatic rings. The Morgan fingerprint density at radius 1 is 1.31 bits per heavy atom. The normalized spacial score (nSPS) is 23.3. The van der Waals surface area contributed by atoms with Crippen LogP contribution in [0.1, 0.15) is 47.5 Å². The number of rotatable bonds is 5. The Balaban J connectivity index is 1.36. The minimum absolute atomic E-state index is 0.0784. The van der Waals surface area contributed by atoms with Crippen molar-refractivity contribution in [3.63, 3.8) is 0 Å². The second kappa shape index (κ2) is 7.22. The maximum absolute atomic E-state index is 12.5. The van der Waals surface area contributed by atoms with Crippen LogP contribution in [0.4, 0.5) is 0 Å². The Hall–Kier alpha value is -1.56. The van der Waals surface area contributed by atoms with Crippen LogP contribution in [0.5, 0.6) is 0 Å². The van der Waals surface area contributed by atoms with Crippen molar-refractivity contribution in [3.8, 4) is 0 Å². The number of aromatic nitrogens is 1. The summed E-state index contributed by atoms with van der Waals surface area (Å²) < 4.78 is 5.28. The van der Waals surface area contributed by atoms with E-state index in [0.29, 0.717) is 27.6 Å². The van der Waals surface area contributed by atoms with E-state index in [0.717, 1.165) is 43.8 Å². The fraction of sp³-hybridized carbons (Fsp3) is 0.474. The van der Waals surface area contributed by atoms with Crippen LogP contribution < -0.4 is 5.32 Å². The summed E-state index contributed by atoms with van der Waals surface area (Å²) in [7, 11) is 0. The third kappa shape index (κ3) is 3.90. The smallest absolute Gasteiger partial charge is 0.273 e. The van der Waals surface area contributed by atoms with Crippen LogP contribution in [0.15, 0.2) is 28.8 Å². The highest BCUT2D eigenvalue weighted by Crippen LogP contribution is 2.40. The lowest BCUT2D eigenvalue weighted by atomic mass is 10.1. The Kier molecular flexibility index (Phi) is 4.95. The number of amides is 1. The Labute approximate surface area is 162 Å². The summed E-state index contributed by atoms with van der Waals surface area (Å²) in [6.07, 6.45) is 2.25. The van der Waals surface area contributed by atoms with Crippen LogP contribution >= 0.6 is 23.2 Å². The second-order valence-corrected chi connectivity index (χ2v) is 8.22. The van der Waals surface area contributed by atoms with Crippen molar-refractivity contribution in [2.75, 3.05) is 13.1 Å². The fourth-order valence-electron chi connectivity index (χ4n) is 3.47. The van der Waals surface area contributed by atoms with Gasteiger partial charge in [-0.2, -0.15) is 0 Å². The first-order valence-electron chi connectivity index (χ1n) is 8.93. The molecule has 0 unspecified atom stereocenters. The molecule has 26 heavy (non-hydrogen) atoms. The molecule has 2 heterocycles. The van der Waals surface area contributed by atoms with Gasteiger partial charge in [0.05, 0.1) is 0 Å². The molecule has 0 bridgehead atoms. The van der Waals surface area contributed by atoms with E-state index < -0.39 is 0 Å². The van der Waals surface area contributed by atoms with Crippen LogP contribution in [0.3, 0.4) is 0 Å². The highest BCUT2D eigenvalue weighted by molar-refractivity contribution is 6.35. The number of carbonyl (C=O) groups excluding carboxylic acids is 1. The zero-order valence-electron chi connectivity index (χ0n) is 14.5. The molecule has 1 aliphatic carbocycles. The van der Waals surface area contributed by atoms with Gasteiger partial charge in [0.15, 0.2) is 5.69 Å². The van der Waals surface area contributed by atoms with Crippen LogP contribution in [-0.2, 0) is 6.54 Å². The standard InChI is InChI=1S/C19H21Cl2N3O2/c1-11-8-24(9-13-4-5-14(20)6-15(13)21)10-17(11)22-19(25)16-7-18(26-23-16)12-2-3-12/h4-7,11-12,17H,2-3,8-10H2,1H3,(H,22,25)/t11-,17-/m0/s1. The van der Waals surface area contributed by atoms with Gasteiger partial charge in [0.1, 0.15) is 5.76 Å².